The molecular weight excluding hydrogens is 317 g/mol. The van der Waals surface area contributed by atoms with Crippen LogP contribution in [0.3, 0.4) is 0 Å². The minimum absolute atomic E-state index is 0.0585. The molecule has 0 spiro atoms. The second-order valence-corrected chi connectivity index (χ2v) is 5.19. The number of nitrogens with zero attached hydrogens (tertiary/aromatic N) is 1. The number of carbonyl (C=O) groups is 2. The molecule has 0 radical (unpaired) electrons. The van der Waals surface area contributed by atoms with Gasteiger partial charge in [-0.1, -0.05) is 0 Å². The fourth-order valence-corrected chi connectivity index (χ4v) is 1.93. The highest BCUT2D eigenvalue weighted by atomic mass is 127. The first-order valence-corrected chi connectivity index (χ1v) is 6.27. The zero-order valence-electron chi connectivity index (χ0n) is 8.94. The molecule has 0 aliphatic heterocycles. The predicted molar refractivity (Wildman–Crippen MR) is 70.1 cm³/mol. The molecular formula is C12H12INO2. The summed E-state index contributed by atoms with van der Waals surface area (Å²) in [6.45, 7) is 1.43. The molecule has 1 aliphatic rings. The van der Waals surface area contributed by atoms with E-state index in [0.29, 0.717) is 5.69 Å². The summed E-state index contributed by atoms with van der Waals surface area (Å²) in [5.74, 6) is -0.213. The van der Waals surface area contributed by atoms with Gasteiger partial charge in [0.25, 0.3) is 0 Å². The van der Waals surface area contributed by atoms with E-state index in [1.54, 1.807) is 0 Å². The normalized spacial score (nSPS) is 14.6. The van der Waals surface area contributed by atoms with Crippen molar-refractivity contribution in [3.8, 4) is 0 Å². The maximum atomic E-state index is 11.9. The van der Waals surface area contributed by atoms with Crippen LogP contribution < -0.4 is 4.90 Å². The molecule has 2 rings (SSSR count). The molecule has 0 heterocycles. The SMILES string of the molecule is CC(=O)N(C(=O)C1CC1)c1ccc(I)cc1. The molecule has 2 amide bonds. The van der Waals surface area contributed by atoms with Crippen molar-refractivity contribution in [2.24, 2.45) is 5.92 Å². The van der Waals surface area contributed by atoms with Gasteiger partial charge in [-0.2, -0.15) is 0 Å². The van der Waals surface area contributed by atoms with Crippen molar-refractivity contribution in [3.05, 3.63) is 27.8 Å². The Hall–Kier alpha value is -0.910. The van der Waals surface area contributed by atoms with E-state index >= 15 is 0 Å². The molecule has 3 nitrogen and oxygen atoms in total. The highest BCUT2D eigenvalue weighted by Crippen LogP contribution is 2.32. The molecule has 1 fully saturated rings. The molecule has 4 heteroatoms. The number of benzene rings is 1. The molecule has 0 N–H and O–H groups in total. The third-order valence-corrected chi connectivity index (χ3v) is 3.27. The van der Waals surface area contributed by atoms with Crippen LogP contribution in [0.1, 0.15) is 19.8 Å². The number of halogens is 1. The highest BCUT2D eigenvalue weighted by Gasteiger charge is 2.35. The topological polar surface area (TPSA) is 37.4 Å². The number of carbonyl (C=O) groups excluding carboxylic acids is 2. The molecule has 0 atom stereocenters. The van der Waals surface area contributed by atoms with Crippen LogP contribution in [-0.4, -0.2) is 11.8 Å². The van der Waals surface area contributed by atoms with Crippen molar-refractivity contribution in [2.45, 2.75) is 19.8 Å². The van der Waals surface area contributed by atoms with Gasteiger partial charge in [-0.3, -0.25) is 14.5 Å². The van der Waals surface area contributed by atoms with E-state index in [0.717, 1.165) is 16.4 Å². The quantitative estimate of drug-likeness (QED) is 0.782. The van der Waals surface area contributed by atoms with Crippen molar-refractivity contribution < 1.29 is 9.59 Å². The number of rotatable bonds is 2. The Bertz CT molecular complexity index is 423. The summed E-state index contributed by atoms with van der Waals surface area (Å²) in [6.07, 6.45) is 1.82. The zero-order chi connectivity index (χ0) is 11.7. The second kappa shape index (κ2) is 4.53. The van der Waals surface area contributed by atoms with Crippen LogP contribution in [0, 0.1) is 9.49 Å². The summed E-state index contributed by atoms with van der Waals surface area (Å²) >= 11 is 2.19. The van der Waals surface area contributed by atoms with Crippen LogP contribution in [0.25, 0.3) is 0 Å². The number of anilines is 1. The van der Waals surface area contributed by atoms with Crippen molar-refractivity contribution in [1.82, 2.24) is 0 Å². The van der Waals surface area contributed by atoms with Crippen LogP contribution in [0.2, 0.25) is 0 Å². The largest absolute Gasteiger partial charge is 0.274 e. The number of hydrogen-bond donors (Lipinski definition) is 0. The molecule has 16 heavy (non-hydrogen) atoms. The summed E-state index contributed by atoms with van der Waals surface area (Å²) < 4.78 is 1.09. The lowest BCUT2D eigenvalue weighted by Gasteiger charge is -2.19. The first-order valence-electron chi connectivity index (χ1n) is 5.19. The van der Waals surface area contributed by atoms with Gasteiger partial charge in [0.05, 0.1) is 5.69 Å². The monoisotopic (exact) mass is 329 g/mol. The molecule has 0 unspecified atom stereocenters. The minimum Gasteiger partial charge on any atom is -0.274 e. The van der Waals surface area contributed by atoms with Crippen LogP contribution in [-0.2, 0) is 9.59 Å². The summed E-state index contributed by atoms with van der Waals surface area (Å²) in [7, 11) is 0. The molecule has 1 saturated carbocycles. The zero-order valence-corrected chi connectivity index (χ0v) is 11.1. The molecule has 1 aromatic carbocycles. The Kier molecular flexibility index (Phi) is 3.28. The molecule has 0 bridgehead atoms. The lowest BCUT2D eigenvalue weighted by molar-refractivity contribution is -0.126. The van der Waals surface area contributed by atoms with Gasteiger partial charge in [0, 0.05) is 16.4 Å². The summed E-state index contributed by atoms with van der Waals surface area (Å²) in [6, 6.07) is 7.41. The van der Waals surface area contributed by atoms with Crippen LogP contribution in [0.5, 0.6) is 0 Å². The maximum absolute atomic E-state index is 11.9. The van der Waals surface area contributed by atoms with Gasteiger partial charge in [0.15, 0.2) is 0 Å². The highest BCUT2D eigenvalue weighted by molar-refractivity contribution is 14.1. The third-order valence-electron chi connectivity index (χ3n) is 2.55. The van der Waals surface area contributed by atoms with Gasteiger partial charge in [0.2, 0.25) is 11.8 Å². The van der Waals surface area contributed by atoms with Crippen molar-refractivity contribution >= 4 is 40.1 Å². The first kappa shape index (κ1) is 11.6. The summed E-state index contributed by atoms with van der Waals surface area (Å²) in [4.78, 5) is 24.7. The van der Waals surface area contributed by atoms with Gasteiger partial charge in [-0.15, -0.1) is 0 Å². The van der Waals surface area contributed by atoms with Gasteiger partial charge in [-0.25, -0.2) is 0 Å². The Morgan fingerprint density at radius 1 is 1.25 bits per heavy atom. The number of amides is 2. The van der Waals surface area contributed by atoms with E-state index < -0.39 is 0 Å². The first-order chi connectivity index (χ1) is 7.59. The van der Waals surface area contributed by atoms with E-state index in [1.165, 1.54) is 11.8 Å². The van der Waals surface area contributed by atoms with Gasteiger partial charge in [-0.05, 0) is 59.7 Å². The molecule has 1 aromatic rings. The van der Waals surface area contributed by atoms with Gasteiger partial charge in [0.1, 0.15) is 0 Å². The second-order valence-electron chi connectivity index (χ2n) is 3.94. The third kappa shape index (κ3) is 2.42. The standard InChI is InChI=1S/C12H12INO2/c1-8(15)14(12(16)9-2-3-9)11-6-4-10(13)5-7-11/h4-7,9H,2-3H2,1H3. The molecule has 84 valence electrons. The Balaban J connectivity index is 2.28. The average molecular weight is 329 g/mol. The maximum Gasteiger partial charge on any atom is 0.236 e. The van der Waals surface area contributed by atoms with Crippen molar-refractivity contribution in [1.29, 1.82) is 0 Å². The van der Waals surface area contributed by atoms with E-state index in [-0.39, 0.29) is 17.7 Å². The van der Waals surface area contributed by atoms with Crippen LogP contribution in [0.4, 0.5) is 5.69 Å². The van der Waals surface area contributed by atoms with Gasteiger partial charge >= 0.3 is 0 Å². The van der Waals surface area contributed by atoms with Crippen LogP contribution >= 0.6 is 22.6 Å². The molecule has 1 aliphatic carbocycles. The lowest BCUT2D eigenvalue weighted by atomic mass is 10.2. The van der Waals surface area contributed by atoms with Gasteiger partial charge < -0.3 is 0 Å². The van der Waals surface area contributed by atoms with Crippen molar-refractivity contribution in [3.63, 3.8) is 0 Å². The fourth-order valence-electron chi connectivity index (χ4n) is 1.57. The van der Waals surface area contributed by atoms with Crippen LogP contribution in [0.15, 0.2) is 24.3 Å². The lowest BCUT2D eigenvalue weighted by Crippen LogP contribution is -2.36. The Morgan fingerprint density at radius 3 is 2.25 bits per heavy atom. The minimum atomic E-state index is -0.210. The predicted octanol–water partition coefficient (Wildman–Crippen LogP) is 2.58. The fraction of sp³-hybridized carbons (Fsp3) is 0.333. The smallest absolute Gasteiger partial charge is 0.236 e. The molecule has 0 saturated heterocycles. The Labute approximate surface area is 108 Å². The summed E-state index contributed by atoms with van der Waals surface area (Å²) in [5, 5.41) is 0. The van der Waals surface area contributed by atoms with Crippen molar-refractivity contribution in [2.75, 3.05) is 4.90 Å². The van der Waals surface area contributed by atoms with E-state index in [2.05, 4.69) is 22.6 Å². The van der Waals surface area contributed by atoms with E-state index in [9.17, 15) is 9.59 Å². The van der Waals surface area contributed by atoms with E-state index in [4.69, 9.17) is 0 Å². The van der Waals surface area contributed by atoms with E-state index in [1.807, 2.05) is 24.3 Å². The average Bonchev–Trinajstić information content (AvgIpc) is 3.04. The number of hydrogen-bond acceptors (Lipinski definition) is 2. The number of imide groups is 1. The molecule has 0 aromatic heterocycles. The summed E-state index contributed by atoms with van der Waals surface area (Å²) in [5.41, 5.74) is 0.671. The Morgan fingerprint density at radius 2 is 1.81 bits per heavy atom.